The highest BCUT2D eigenvalue weighted by atomic mass is 16.6. The summed E-state index contributed by atoms with van der Waals surface area (Å²) in [4.78, 5) is 4.70. The van der Waals surface area contributed by atoms with Crippen LogP contribution >= 0.6 is 0 Å². The van der Waals surface area contributed by atoms with Gasteiger partial charge in [-0.15, -0.1) is 0 Å². The molecule has 2 heteroatoms. The molecule has 0 saturated carbocycles. The Bertz CT molecular complexity index is 168. The van der Waals surface area contributed by atoms with Crippen molar-refractivity contribution in [3.05, 3.63) is 23.5 Å². The smallest absolute Gasteiger partial charge is 0.126 e. The molecular weight excluding hydrogens is 138 g/mol. The van der Waals surface area contributed by atoms with E-state index in [2.05, 4.69) is 0 Å². The van der Waals surface area contributed by atoms with Crippen molar-refractivity contribution in [3.63, 3.8) is 0 Å². The van der Waals surface area contributed by atoms with Crippen molar-refractivity contribution in [1.82, 2.24) is 0 Å². The molecule has 0 aromatic heterocycles. The third-order valence-electron chi connectivity index (χ3n) is 1.53. The van der Waals surface area contributed by atoms with Crippen LogP contribution in [-0.2, 0) is 4.84 Å². The summed E-state index contributed by atoms with van der Waals surface area (Å²) >= 11 is 0. The molecule has 0 aliphatic carbocycles. The minimum Gasteiger partial charge on any atom is -0.416 e. The largest absolute Gasteiger partial charge is 0.416 e. The van der Waals surface area contributed by atoms with Crippen molar-refractivity contribution in [2.24, 2.45) is 11.8 Å². The first-order valence-corrected chi connectivity index (χ1v) is 3.83. The van der Waals surface area contributed by atoms with Gasteiger partial charge >= 0.3 is 0 Å². The van der Waals surface area contributed by atoms with Crippen LogP contribution in [0.1, 0.15) is 27.7 Å². The van der Waals surface area contributed by atoms with Gasteiger partial charge in [0.15, 0.2) is 0 Å². The molecule has 0 fully saturated rings. The van der Waals surface area contributed by atoms with Gasteiger partial charge in [-0.2, -0.15) is 5.90 Å². The van der Waals surface area contributed by atoms with Gasteiger partial charge in [-0.1, -0.05) is 25.5 Å². The number of nitrogens with two attached hydrogens (primary N) is 1. The fourth-order valence-electron chi connectivity index (χ4n) is 0.644. The summed E-state index contributed by atoms with van der Waals surface area (Å²) < 4.78 is 0. The third kappa shape index (κ3) is 3.83. The summed E-state index contributed by atoms with van der Waals surface area (Å²) in [7, 11) is 0. The fourth-order valence-corrected chi connectivity index (χ4v) is 0.644. The summed E-state index contributed by atoms with van der Waals surface area (Å²) in [5, 5.41) is 0. The van der Waals surface area contributed by atoms with E-state index >= 15 is 0 Å². The molecule has 0 aromatic carbocycles. The van der Waals surface area contributed by atoms with Gasteiger partial charge in [0.05, 0.1) is 0 Å². The quantitative estimate of drug-likeness (QED) is 0.386. The number of hydrogen-bond donors (Lipinski definition) is 1. The Morgan fingerprint density at radius 3 is 2.27 bits per heavy atom. The van der Waals surface area contributed by atoms with Crippen LogP contribution in [0, 0.1) is 5.92 Å². The third-order valence-corrected chi connectivity index (χ3v) is 1.53. The lowest BCUT2D eigenvalue weighted by Crippen LogP contribution is -2.05. The Hall–Kier alpha value is -0.760. The molecule has 0 aliphatic heterocycles. The van der Waals surface area contributed by atoms with Gasteiger partial charge in [-0.05, 0) is 19.9 Å². The molecule has 64 valence electrons. The van der Waals surface area contributed by atoms with E-state index in [0.29, 0.717) is 5.92 Å². The van der Waals surface area contributed by atoms with Crippen molar-refractivity contribution >= 4 is 0 Å². The lowest BCUT2D eigenvalue weighted by atomic mass is 10.1. The summed E-state index contributed by atoms with van der Waals surface area (Å²) in [5.41, 5.74) is 1.17. The van der Waals surface area contributed by atoms with Crippen molar-refractivity contribution in [2.75, 3.05) is 0 Å². The lowest BCUT2D eigenvalue weighted by molar-refractivity contribution is 0.191. The van der Waals surface area contributed by atoms with E-state index in [1.165, 1.54) is 5.57 Å². The number of rotatable bonds is 3. The van der Waals surface area contributed by atoms with Crippen LogP contribution in [0.4, 0.5) is 0 Å². The Morgan fingerprint density at radius 2 is 2.00 bits per heavy atom. The predicted octanol–water partition coefficient (Wildman–Crippen LogP) is 2.38. The van der Waals surface area contributed by atoms with Crippen LogP contribution in [0.15, 0.2) is 23.5 Å². The number of allylic oxidation sites excluding steroid dienone is 4. The van der Waals surface area contributed by atoms with Crippen molar-refractivity contribution in [1.29, 1.82) is 0 Å². The molecular formula is C9H17NO. The lowest BCUT2D eigenvalue weighted by Gasteiger charge is -2.07. The van der Waals surface area contributed by atoms with E-state index < -0.39 is 0 Å². The van der Waals surface area contributed by atoms with Crippen molar-refractivity contribution < 1.29 is 4.84 Å². The first-order valence-electron chi connectivity index (χ1n) is 3.83. The number of hydrogen-bond acceptors (Lipinski definition) is 2. The Labute approximate surface area is 68.7 Å². The van der Waals surface area contributed by atoms with Crippen LogP contribution in [0.5, 0.6) is 0 Å². The molecule has 2 N–H and O–H groups in total. The van der Waals surface area contributed by atoms with Gasteiger partial charge in [-0.3, -0.25) is 0 Å². The minimum absolute atomic E-state index is 0.342. The molecule has 0 radical (unpaired) electrons. The normalized spacial score (nSPS) is 14.0. The fraction of sp³-hybridized carbons (Fsp3) is 0.556. The van der Waals surface area contributed by atoms with E-state index in [1.54, 1.807) is 0 Å². The van der Waals surface area contributed by atoms with Gasteiger partial charge in [0.2, 0.25) is 0 Å². The molecule has 0 aliphatic rings. The first kappa shape index (κ1) is 10.2. The SMILES string of the molecule is C/C=C(C)\C=C(/ON)C(C)C. The maximum absolute atomic E-state index is 5.08. The highest BCUT2D eigenvalue weighted by Crippen LogP contribution is 2.11. The second-order valence-electron chi connectivity index (χ2n) is 2.85. The second-order valence-corrected chi connectivity index (χ2v) is 2.85. The van der Waals surface area contributed by atoms with Gasteiger partial charge < -0.3 is 4.84 Å². The first-order chi connectivity index (χ1) is 5.11. The van der Waals surface area contributed by atoms with Crippen LogP contribution in [0.25, 0.3) is 0 Å². The van der Waals surface area contributed by atoms with E-state index in [1.807, 2.05) is 39.8 Å². The molecule has 11 heavy (non-hydrogen) atoms. The molecule has 0 saturated heterocycles. The standard InChI is InChI=1S/C9H17NO/c1-5-8(4)6-9(11-10)7(2)3/h5-7H,10H2,1-4H3/b8-5-,9-6-. The van der Waals surface area contributed by atoms with E-state index in [0.717, 1.165) is 5.76 Å². The van der Waals surface area contributed by atoms with E-state index in [4.69, 9.17) is 10.7 Å². The van der Waals surface area contributed by atoms with E-state index in [9.17, 15) is 0 Å². The molecule has 0 spiro atoms. The molecule has 0 aromatic rings. The zero-order valence-corrected chi connectivity index (χ0v) is 7.72. The van der Waals surface area contributed by atoms with E-state index in [-0.39, 0.29) is 0 Å². The minimum atomic E-state index is 0.342. The molecule has 0 amide bonds. The predicted molar refractivity (Wildman–Crippen MR) is 47.6 cm³/mol. The molecule has 0 bridgehead atoms. The summed E-state index contributed by atoms with van der Waals surface area (Å²) in [6, 6.07) is 0. The molecule has 0 unspecified atom stereocenters. The zero-order valence-electron chi connectivity index (χ0n) is 7.72. The van der Waals surface area contributed by atoms with Crippen LogP contribution in [0.3, 0.4) is 0 Å². The molecule has 0 rings (SSSR count). The zero-order chi connectivity index (χ0) is 8.85. The highest BCUT2D eigenvalue weighted by Gasteiger charge is 2.02. The van der Waals surface area contributed by atoms with Crippen LogP contribution in [-0.4, -0.2) is 0 Å². The van der Waals surface area contributed by atoms with Gasteiger partial charge in [0.1, 0.15) is 5.76 Å². The summed E-state index contributed by atoms with van der Waals surface area (Å²) in [6.07, 6.45) is 3.96. The average Bonchev–Trinajstić information content (AvgIpc) is 1.99. The molecule has 0 heterocycles. The van der Waals surface area contributed by atoms with Crippen molar-refractivity contribution in [3.8, 4) is 0 Å². The molecule has 2 nitrogen and oxygen atoms in total. The monoisotopic (exact) mass is 155 g/mol. The van der Waals surface area contributed by atoms with Crippen LogP contribution in [0.2, 0.25) is 0 Å². The Balaban J connectivity index is 4.35. The van der Waals surface area contributed by atoms with Crippen LogP contribution < -0.4 is 5.90 Å². The maximum atomic E-state index is 5.08. The Morgan fingerprint density at radius 1 is 1.45 bits per heavy atom. The Kier molecular flexibility index (Phi) is 4.62. The summed E-state index contributed by atoms with van der Waals surface area (Å²) in [5.74, 6) is 6.24. The molecule has 0 atom stereocenters. The van der Waals surface area contributed by atoms with Gasteiger partial charge in [0, 0.05) is 5.92 Å². The average molecular weight is 155 g/mol. The van der Waals surface area contributed by atoms with Gasteiger partial charge in [0.25, 0.3) is 0 Å². The van der Waals surface area contributed by atoms with Crippen molar-refractivity contribution in [2.45, 2.75) is 27.7 Å². The topological polar surface area (TPSA) is 35.2 Å². The summed E-state index contributed by atoms with van der Waals surface area (Å²) in [6.45, 7) is 8.09. The second kappa shape index (κ2) is 4.97. The highest BCUT2D eigenvalue weighted by molar-refractivity contribution is 5.18. The van der Waals surface area contributed by atoms with Gasteiger partial charge in [-0.25, -0.2) is 0 Å². The maximum Gasteiger partial charge on any atom is 0.126 e.